The van der Waals surface area contributed by atoms with Crippen LogP contribution in [0.2, 0.25) is 0 Å². The summed E-state index contributed by atoms with van der Waals surface area (Å²) in [4.78, 5) is 11.7. The minimum absolute atomic E-state index is 0.0852. The number of anilines is 1. The summed E-state index contributed by atoms with van der Waals surface area (Å²) in [5, 5.41) is 2.92. The van der Waals surface area contributed by atoms with Crippen molar-refractivity contribution in [3.63, 3.8) is 0 Å². The van der Waals surface area contributed by atoms with Crippen molar-refractivity contribution >= 4 is 11.6 Å². The second-order valence-corrected chi connectivity index (χ2v) is 4.22. The van der Waals surface area contributed by atoms with Gasteiger partial charge in [0.05, 0.1) is 0 Å². The van der Waals surface area contributed by atoms with Gasteiger partial charge in [-0.05, 0) is 18.1 Å². The largest absolute Gasteiger partial charge is 0.326 e. The van der Waals surface area contributed by atoms with Gasteiger partial charge in [-0.1, -0.05) is 44.4 Å². The van der Waals surface area contributed by atoms with Crippen LogP contribution in [0.3, 0.4) is 0 Å². The van der Waals surface area contributed by atoms with Crippen LogP contribution < -0.4 is 11.1 Å². The summed E-state index contributed by atoms with van der Waals surface area (Å²) >= 11 is 0. The molecule has 3 heteroatoms. The Morgan fingerprint density at radius 2 is 2.00 bits per heavy atom. The molecule has 0 aliphatic heterocycles. The van der Waals surface area contributed by atoms with E-state index in [0.717, 1.165) is 24.1 Å². The van der Waals surface area contributed by atoms with E-state index in [-0.39, 0.29) is 5.91 Å². The zero-order valence-corrected chi connectivity index (χ0v) is 10.5. The van der Waals surface area contributed by atoms with Crippen molar-refractivity contribution in [3.8, 4) is 0 Å². The molecular weight excluding hydrogens is 212 g/mol. The lowest BCUT2D eigenvalue weighted by Crippen LogP contribution is -2.13. The third kappa shape index (κ3) is 5.00. The van der Waals surface area contributed by atoms with Gasteiger partial charge in [0.15, 0.2) is 0 Å². The summed E-state index contributed by atoms with van der Waals surface area (Å²) in [5.41, 5.74) is 7.44. The molecule has 0 spiro atoms. The summed E-state index contributed by atoms with van der Waals surface area (Å²) in [7, 11) is 0. The highest BCUT2D eigenvalue weighted by Crippen LogP contribution is 2.14. The molecule has 1 rings (SSSR count). The normalized spacial score (nSPS) is 10.2. The Hall–Kier alpha value is -1.35. The van der Waals surface area contributed by atoms with Gasteiger partial charge >= 0.3 is 0 Å². The number of para-hydroxylation sites is 1. The molecule has 94 valence electrons. The molecule has 0 radical (unpaired) electrons. The first-order valence-electron chi connectivity index (χ1n) is 6.35. The quantitative estimate of drug-likeness (QED) is 0.712. The number of carbonyl (C=O) groups is 1. The van der Waals surface area contributed by atoms with Crippen LogP contribution >= 0.6 is 0 Å². The predicted molar refractivity (Wildman–Crippen MR) is 71.7 cm³/mol. The highest BCUT2D eigenvalue weighted by molar-refractivity contribution is 5.91. The van der Waals surface area contributed by atoms with Gasteiger partial charge in [0.25, 0.3) is 0 Å². The SMILES string of the molecule is CCCCCCC(=O)Nc1ccccc1CN. The highest BCUT2D eigenvalue weighted by atomic mass is 16.1. The zero-order chi connectivity index (χ0) is 12.5. The summed E-state index contributed by atoms with van der Waals surface area (Å²) in [6.45, 7) is 2.61. The Labute approximate surface area is 103 Å². The number of nitrogens with two attached hydrogens (primary N) is 1. The van der Waals surface area contributed by atoms with Gasteiger partial charge in [-0.15, -0.1) is 0 Å². The minimum atomic E-state index is 0.0852. The number of amides is 1. The van der Waals surface area contributed by atoms with E-state index < -0.39 is 0 Å². The number of benzene rings is 1. The number of unbranched alkanes of at least 4 members (excludes halogenated alkanes) is 3. The minimum Gasteiger partial charge on any atom is -0.326 e. The first-order valence-corrected chi connectivity index (χ1v) is 6.35. The molecule has 0 atom stereocenters. The maximum absolute atomic E-state index is 11.7. The van der Waals surface area contributed by atoms with E-state index in [1.165, 1.54) is 12.8 Å². The topological polar surface area (TPSA) is 55.1 Å². The number of hydrogen-bond donors (Lipinski definition) is 2. The van der Waals surface area contributed by atoms with E-state index in [4.69, 9.17) is 5.73 Å². The summed E-state index contributed by atoms with van der Waals surface area (Å²) < 4.78 is 0. The van der Waals surface area contributed by atoms with Gasteiger partial charge in [0.1, 0.15) is 0 Å². The Morgan fingerprint density at radius 1 is 1.24 bits per heavy atom. The lowest BCUT2D eigenvalue weighted by Gasteiger charge is -2.09. The van der Waals surface area contributed by atoms with E-state index in [2.05, 4.69) is 12.2 Å². The molecule has 1 amide bonds. The molecule has 0 unspecified atom stereocenters. The third-order valence-electron chi connectivity index (χ3n) is 2.77. The average molecular weight is 234 g/mol. The maximum atomic E-state index is 11.7. The van der Waals surface area contributed by atoms with E-state index in [1.54, 1.807) is 0 Å². The Bertz CT molecular complexity index is 350. The second kappa shape index (κ2) is 7.85. The van der Waals surface area contributed by atoms with Crippen LogP contribution in [0.4, 0.5) is 5.69 Å². The molecule has 3 nitrogen and oxygen atoms in total. The molecule has 0 heterocycles. The van der Waals surface area contributed by atoms with Gasteiger partial charge in [0, 0.05) is 18.7 Å². The molecule has 0 saturated heterocycles. The first kappa shape index (κ1) is 13.7. The standard InChI is InChI=1S/C14H22N2O/c1-2-3-4-5-10-14(17)16-13-9-7-6-8-12(13)11-15/h6-9H,2-5,10-11,15H2,1H3,(H,16,17). The third-order valence-corrected chi connectivity index (χ3v) is 2.77. The van der Waals surface area contributed by atoms with Crippen molar-refractivity contribution in [2.24, 2.45) is 5.73 Å². The Balaban J connectivity index is 2.39. The molecular formula is C14H22N2O. The molecule has 0 aliphatic rings. The number of hydrogen-bond acceptors (Lipinski definition) is 2. The summed E-state index contributed by atoms with van der Waals surface area (Å²) in [6.07, 6.45) is 5.08. The predicted octanol–water partition coefficient (Wildman–Crippen LogP) is 3.05. The zero-order valence-electron chi connectivity index (χ0n) is 10.5. The molecule has 1 aromatic rings. The van der Waals surface area contributed by atoms with E-state index in [9.17, 15) is 4.79 Å². The van der Waals surface area contributed by atoms with Crippen LogP contribution in [0.25, 0.3) is 0 Å². The van der Waals surface area contributed by atoms with Crippen molar-refractivity contribution < 1.29 is 4.79 Å². The monoisotopic (exact) mass is 234 g/mol. The number of carbonyl (C=O) groups excluding carboxylic acids is 1. The number of nitrogens with one attached hydrogen (secondary N) is 1. The summed E-state index contributed by atoms with van der Waals surface area (Å²) in [6, 6.07) is 7.67. The fraction of sp³-hybridized carbons (Fsp3) is 0.500. The highest BCUT2D eigenvalue weighted by Gasteiger charge is 2.04. The molecule has 0 fully saturated rings. The van der Waals surface area contributed by atoms with E-state index in [1.807, 2.05) is 24.3 Å². The van der Waals surface area contributed by atoms with Crippen molar-refractivity contribution in [2.75, 3.05) is 5.32 Å². The molecule has 0 saturated carbocycles. The van der Waals surface area contributed by atoms with Gasteiger partial charge < -0.3 is 11.1 Å². The van der Waals surface area contributed by atoms with Crippen molar-refractivity contribution in [1.29, 1.82) is 0 Å². The molecule has 17 heavy (non-hydrogen) atoms. The molecule has 0 aromatic heterocycles. The van der Waals surface area contributed by atoms with Crippen molar-refractivity contribution in [2.45, 2.75) is 45.6 Å². The fourth-order valence-electron chi connectivity index (χ4n) is 1.75. The average Bonchev–Trinajstić information content (AvgIpc) is 2.35. The molecule has 0 aliphatic carbocycles. The first-order chi connectivity index (χ1) is 8.27. The Kier molecular flexibility index (Phi) is 6.33. The van der Waals surface area contributed by atoms with Gasteiger partial charge in [-0.3, -0.25) is 4.79 Å². The molecule has 0 bridgehead atoms. The van der Waals surface area contributed by atoms with Crippen LogP contribution in [0, 0.1) is 0 Å². The van der Waals surface area contributed by atoms with E-state index >= 15 is 0 Å². The lowest BCUT2D eigenvalue weighted by molar-refractivity contribution is -0.116. The van der Waals surface area contributed by atoms with Crippen LogP contribution in [-0.4, -0.2) is 5.91 Å². The lowest BCUT2D eigenvalue weighted by atomic mass is 10.1. The molecule has 1 aromatic carbocycles. The van der Waals surface area contributed by atoms with Crippen molar-refractivity contribution in [3.05, 3.63) is 29.8 Å². The van der Waals surface area contributed by atoms with Crippen molar-refractivity contribution in [1.82, 2.24) is 0 Å². The maximum Gasteiger partial charge on any atom is 0.224 e. The van der Waals surface area contributed by atoms with Gasteiger partial charge in [-0.25, -0.2) is 0 Å². The van der Waals surface area contributed by atoms with Gasteiger partial charge in [0.2, 0.25) is 5.91 Å². The summed E-state index contributed by atoms with van der Waals surface area (Å²) in [5.74, 6) is 0.0852. The second-order valence-electron chi connectivity index (χ2n) is 4.22. The number of rotatable bonds is 7. The van der Waals surface area contributed by atoms with Crippen LogP contribution in [0.1, 0.15) is 44.6 Å². The van der Waals surface area contributed by atoms with Crippen LogP contribution in [0.15, 0.2) is 24.3 Å². The van der Waals surface area contributed by atoms with E-state index in [0.29, 0.717) is 13.0 Å². The molecule has 3 N–H and O–H groups in total. The smallest absolute Gasteiger partial charge is 0.224 e. The van der Waals surface area contributed by atoms with Crippen LogP contribution in [0.5, 0.6) is 0 Å². The fourth-order valence-corrected chi connectivity index (χ4v) is 1.75. The van der Waals surface area contributed by atoms with Crippen LogP contribution in [-0.2, 0) is 11.3 Å². The Morgan fingerprint density at radius 3 is 2.71 bits per heavy atom. The van der Waals surface area contributed by atoms with Gasteiger partial charge in [-0.2, -0.15) is 0 Å².